The fraction of sp³-hybridized carbons (Fsp3) is 0.409. The Bertz CT molecular complexity index is 1010. The molecular weight excluding hydrogens is 472 g/mol. The molecule has 178 valence electrons. The van der Waals surface area contributed by atoms with Crippen LogP contribution in [-0.4, -0.2) is 42.6 Å². The molecule has 0 aromatic heterocycles. The van der Waals surface area contributed by atoms with Crippen LogP contribution in [0.3, 0.4) is 0 Å². The summed E-state index contributed by atoms with van der Waals surface area (Å²) in [5.41, 5.74) is -3.15. The lowest BCUT2D eigenvalue weighted by molar-refractivity contribution is -0.143. The molecular formula is C22H20ClF6N3O. The van der Waals surface area contributed by atoms with Gasteiger partial charge in [0.05, 0.1) is 34.0 Å². The Labute approximate surface area is 191 Å². The molecule has 1 N–H and O–H groups in total. The third kappa shape index (κ3) is 4.63. The minimum atomic E-state index is -5.01. The van der Waals surface area contributed by atoms with Crippen LogP contribution in [-0.2, 0) is 12.4 Å². The molecule has 0 bridgehead atoms. The van der Waals surface area contributed by atoms with Gasteiger partial charge in [0, 0.05) is 25.2 Å². The highest BCUT2D eigenvalue weighted by atomic mass is 35.5. The second-order valence-corrected chi connectivity index (χ2v) is 8.68. The maximum atomic E-state index is 13.2. The van der Waals surface area contributed by atoms with E-state index in [4.69, 9.17) is 11.6 Å². The van der Waals surface area contributed by atoms with Gasteiger partial charge in [-0.15, -0.1) is 0 Å². The topological polar surface area (TPSA) is 35.6 Å². The van der Waals surface area contributed by atoms with Crippen molar-refractivity contribution in [1.29, 1.82) is 0 Å². The zero-order valence-corrected chi connectivity index (χ0v) is 18.0. The molecule has 0 unspecified atom stereocenters. The van der Waals surface area contributed by atoms with Crippen molar-refractivity contribution in [3.8, 4) is 0 Å². The molecule has 4 rings (SSSR count). The summed E-state index contributed by atoms with van der Waals surface area (Å²) >= 11 is 6.35. The quantitative estimate of drug-likeness (QED) is 0.570. The highest BCUT2D eigenvalue weighted by Crippen LogP contribution is 2.40. The minimum Gasteiger partial charge on any atom is -0.350 e. The number of carbonyl (C=O) groups excluding carboxylic acids is 1. The van der Waals surface area contributed by atoms with Gasteiger partial charge < -0.3 is 9.80 Å². The van der Waals surface area contributed by atoms with Crippen LogP contribution in [0.15, 0.2) is 42.5 Å². The minimum absolute atomic E-state index is 0.0215. The largest absolute Gasteiger partial charge is 0.416 e. The van der Waals surface area contributed by atoms with Crippen LogP contribution >= 0.6 is 11.6 Å². The van der Waals surface area contributed by atoms with Crippen LogP contribution in [0.5, 0.6) is 0 Å². The smallest absolute Gasteiger partial charge is 0.350 e. The van der Waals surface area contributed by atoms with Gasteiger partial charge in [0.15, 0.2) is 0 Å². The van der Waals surface area contributed by atoms with Crippen LogP contribution in [0, 0.1) is 0 Å². The normalized spacial score (nSPS) is 18.8. The standard InChI is InChI=1S/C22H20ClF6N3O/c23-17-3-1-2-4-18(17)32-13-30-12-20(32)5-7-31(8-6-20)19(33)14-9-15(21(24,25)26)11-16(10-14)22(27,28)29/h1-4,9-11,30H,5-8,12-13H2. The Morgan fingerprint density at radius 2 is 1.52 bits per heavy atom. The van der Waals surface area contributed by atoms with Crippen LogP contribution in [0.25, 0.3) is 0 Å². The number of hydrogen-bond acceptors (Lipinski definition) is 3. The number of rotatable bonds is 2. The van der Waals surface area contributed by atoms with E-state index in [-0.39, 0.29) is 24.7 Å². The van der Waals surface area contributed by atoms with Crippen LogP contribution in [0.1, 0.15) is 34.3 Å². The molecule has 4 nitrogen and oxygen atoms in total. The van der Waals surface area contributed by atoms with E-state index in [1.807, 2.05) is 18.2 Å². The van der Waals surface area contributed by atoms with Gasteiger partial charge in [-0.2, -0.15) is 26.3 Å². The lowest BCUT2D eigenvalue weighted by Gasteiger charge is -2.45. The van der Waals surface area contributed by atoms with Gasteiger partial charge in [0.2, 0.25) is 0 Å². The molecule has 0 atom stereocenters. The first-order valence-electron chi connectivity index (χ1n) is 10.2. The number of halogens is 7. The monoisotopic (exact) mass is 491 g/mol. The number of piperidine rings is 1. The van der Waals surface area contributed by atoms with Gasteiger partial charge in [-0.05, 0) is 43.2 Å². The van der Waals surface area contributed by atoms with Crippen molar-refractivity contribution in [2.24, 2.45) is 0 Å². The second-order valence-electron chi connectivity index (χ2n) is 8.28. The number of alkyl halides is 6. The lowest BCUT2D eigenvalue weighted by Crippen LogP contribution is -2.55. The Morgan fingerprint density at radius 3 is 2.06 bits per heavy atom. The molecule has 0 radical (unpaired) electrons. The van der Waals surface area contributed by atoms with Crippen LogP contribution < -0.4 is 10.2 Å². The predicted octanol–water partition coefficient (Wildman–Crippen LogP) is 5.42. The van der Waals surface area contributed by atoms with E-state index in [1.165, 1.54) is 4.90 Å². The third-order valence-corrected chi connectivity index (χ3v) is 6.58. The number of benzene rings is 2. The maximum absolute atomic E-state index is 13.2. The lowest BCUT2D eigenvalue weighted by atomic mass is 9.86. The van der Waals surface area contributed by atoms with Crippen molar-refractivity contribution < 1.29 is 31.1 Å². The predicted molar refractivity (Wildman–Crippen MR) is 111 cm³/mol. The first kappa shape index (κ1) is 23.7. The highest BCUT2D eigenvalue weighted by molar-refractivity contribution is 6.33. The highest BCUT2D eigenvalue weighted by Gasteiger charge is 2.45. The first-order valence-corrected chi connectivity index (χ1v) is 10.6. The molecule has 2 saturated heterocycles. The molecule has 33 heavy (non-hydrogen) atoms. The fourth-order valence-corrected chi connectivity index (χ4v) is 4.75. The molecule has 2 fully saturated rings. The van der Waals surface area contributed by atoms with E-state index in [0.717, 1.165) is 5.69 Å². The summed E-state index contributed by atoms with van der Waals surface area (Å²) in [5, 5.41) is 3.87. The van der Waals surface area contributed by atoms with Gasteiger partial charge in [-0.25, -0.2) is 0 Å². The van der Waals surface area contributed by atoms with Crippen molar-refractivity contribution in [3.05, 3.63) is 64.2 Å². The summed E-state index contributed by atoms with van der Waals surface area (Å²) in [4.78, 5) is 16.3. The van der Waals surface area contributed by atoms with E-state index in [1.54, 1.807) is 6.07 Å². The average molecular weight is 492 g/mol. The number of anilines is 1. The number of amides is 1. The van der Waals surface area contributed by atoms with E-state index < -0.39 is 35.0 Å². The van der Waals surface area contributed by atoms with Gasteiger partial charge in [0.25, 0.3) is 5.91 Å². The SMILES string of the molecule is O=C(c1cc(C(F)(F)F)cc(C(F)(F)F)c1)N1CCC2(CC1)CNCN2c1ccccc1Cl. The molecule has 2 aliphatic rings. The average Bonchev–Trinajstić information content (AvgIpc) is 3.15. The summed E-state index contributed by atoms with van der Waals surface area (Å²) in [5.74, 6) is -0.850. The molecule has 0 saturated carbocycles. The van der Waals surface area contributed by atoms with Crippen LogP contribution in [0.4, 0.5) is 32.0 Å². The van der Waals surface area contributed by atoms with Crippen molar-refractivity contribution in [1.82, 2.24) is 10.2 Å². The first-order chi connectivity index (χ1) is 15.4. The summed E-state index contributed by atoms with van der Waals surface area (Å²) in [6.45, 7) is 1.56. The molecule has 1 spiro atoms. The van der Waals surface area contributed by atoms with E-state index >= 15 is 0 Å². The Balaban J connectivity index is 1.56. The molecule has 2 heterocycles. The van der Waals surface area contributed by atoms with E-state index in [9.17, 15) is 31.1 Å². The van der Waals surface area contributed by atoms with Gasteiger partial charge >= 0.3 is 12.4 Å². The number of carbonyl (C=O) groups is 1. The van der Waals surface area contributed by atoms with Crippen molar-refractivity contribution in [2.45, 2.75) is 30.7 Å². The molecule has 11 heteroatoms. The van der Waals surface area contributed by atoms with Gasteiger partial charge in [0.1, 0.15) is 0 Å². The van der Waals surface area contributed by atoms with Crippen LogP contribution in [0.2, 0.25) is 5.02 Å². The van der Waals surface area contributed by atoms with Gasteiger partial charge in [-0.1, -0.05) is 23.7 Å². The molecule has 0 aliphatic carbocycles. The van der Waals surface area contributed by atoms with Crippen molar-refractivity contribution >= 4 is 23.2 Å². The van der Waals surface area contributed by atoms with Gasteiger partial charge in [-0.3, -0.25) is 10.1 Å². The summed E-state index contributed by atoms with van der Waals surface area (Å²) in [6.07, 6.45) is -9.04. The summed E-state index contributed by atoms with van der Waals surface area (Å²) < 4.78 is 79.0. The molecule has 2 aromatic rings. The van der Waals surface area contributed by atoms with Crippen molar-refractivity contribution in [3.63, 3.8) is 0 Å². The van der Waals surface area contributed by atoms with E-state index in [2.05, 4.69) is 10.2 Å². The second kappa shape index (κ2) is 8.39. The third-order valence-electron chi connectivity index (χ3n) is 6.26. The molecule has 2 aromatic carbocycles. The number of para-hydroxylation sites is 1. The Hall–Kier alpha value is -2.46. The van der Waals surface area contributed by atoms with E-state index in [0.29, 0.717) is 43.2 Å². The Morgan fingerprint density at radius 1 is 0.939 bits per heavy atom. The maximum Gasteiger partial charge on any atom is 0.416 e. The zero-order valence-electron chi connectivity index (χ0n) is 17.2. The zero-order chi connectivity index (χ0) is 24.0. The number of hydrogen-bond donors (Lipinski definition) is 1. The molecule has 1 amide bonds. The number of likely N-dealkylation sites (tertiary alicyclic amines) is 1. The summed E-state index contributed by atoms with van der Waals surface area (Å²) in [6, 6.07) is 8.31. The molecule has 2 aliphatic heterocycles. The van der Waals surface area contributed by atoms with Crippen molar-refractivity contribution in [2.75, 3.05) is 31.2 Å². The fourth-order valence-electron chi connectivity index (χ4n) is 4.51. The number of nitrogens with one attached hydrogen (secondary N) is 1. The number of nitrogens with zero attached hydrogens (tertiary/aromatic N) is 2. The summed E-state index contributed by atoms with van der Waals surface area (Å²) in [7, 11) is 0. The Kier molecular flexibility index (Phi) is 6.03.